The summed E-state index contributed by atoms with van der Waals surface area (Å²) in [6.07, 6.45) is 0. The minimum atomic E-state index is 0.0395. The Morgan fingerprint density at radius 2 is 2.31 bits per heavy atom. The van der Waals surface area contributed by atoms with Gasteiger partial charge in [0.05, 0.1) is 5.60 Å². The summed E-state index contributed by atoms with van der Waals surface area (Å²) in [5.74, 6) is 0. The molecule has 4 heteroatoms. The van der Waals surface area contributed by atoms with Gasteiger partial charge in [-0.2, -0.15) is 0 Å². The summed E-state index contributed by atoms with van der Waals surface area (Å²) >= 11 is 0. The molecule has 0 aromatic heterocycles. The molecule has 0 aromatic rings. The van der Waals surface area contributed by atoms with E-state index < -0.39 is 0 Å². The highest BCUT2D eigenvalue weighted by molar-refractivity contribution is 5.98. The Kier molecular flexibility index (Phi) is 3.91. The summed E-state index contributed by atoms with van der Waals surface area (Å²) in [6, 6.07) is 0.643. The van der Waals surface area contributed by atoms with Gasteiger partial charge in [0.2, 0.25) is 0 Å². The van der Waals surface area contributed by atoms with Gasteiger partial charge in [-0.25, -0.2) is 0 Å². The number of hydrogen-bond donors (Lipinski definition) is 1. The van der Waals surface area contributed by atoms with Gasteiger partial charge in [-0.05, 0) is 20.8 Å². The largest absolute Gasteiger partial charge is 0.422 e. The second-order valence-electron chi connectivity index (χ2n) is 4.49. The highest BCUT2D eigenvalue weighted by Crippen LogP contribution is 2.12. The molecule has 1 atom stereocenters. The van der Waals surface area contributed by atoms with Crippen LogP contribution in [0.1, 0.15) is 20.8 Å². The Labute approximate surface area is 84.4 Å². The summed E-state index contributed by atoms with van der Waals surface area (Å²) in [6.45, 7) is 11.0. The van der Waals surface area contributed by atoms with E-state index >= 15 is 0 Å². The number of nitrogens with one attached hydrogen (secondary N) is 1. The molecule has 0 saturated carbocycles. The van der Waals surface area contributed by atoms with Gasteiger partial charge in [-0.1, -0.05) is 0 Å². The predicted molar refractivity (Wildman–Crippen MR) is 59.0 cm³/mol. The molecule has 78 valence electrons. The van der Waals surface area contributed by atoms with E-state index in [1.807, 2.05) is 0 Å². The van der Waals surface area contributed by atoms with Crippen molar-refractivity contribution in [1.82, 2.24) is 10.2 Å². The highest BCUT2D eigenvalue weighted by atomic mass is 28.2. The van der Waals surface area contributed by atoms with E-state index in [1.165, 1.54) is 0 Å². The fraction of sp³-hybridized carbons (Fsp3) is 1.00. The maximum atomic E-state index is 5.57. The Balaban J connectivity index is 2.42. The first-order valence-corrected chi connectivity index (χ1v) is 5.87. The second kappa shape index (κ2) is 4.55. The molecule has 1 rings (SSSR count). The van der Waals surface area contributed by atoms with Crippen LogP contribution in [0.3, 0.4) is 0 Å². The van der Waals surface area contributed by atoms with Crippen LogP contribution in [0, 0.1) is 0 Å². The number of piperazine rings is 1. The molecular formula is C9H22N2OSi. The summed E-state index contributed by atoms with van der Waals surface area (Å²) in [7, 11) is 0.828. The molecule has 1 heterocycles. The van der Waals surface area contributed by atoms with E-state index in [0.717, 1.165) is 36.7 Å². The zero-order chi connectivity index (χ0) is 9.90. The van der Waals surface area contributed by atoms with Gasteiger partial charge >= 0.3 is 0 Å². The fourth-order valence-electron chi connectivity index (χ4n) is 1.67. The van der Waals surface area contributed by atoms with Gasteiger partial charge in [0.1, 0.15) is 10.5 Å². The monoisotopic (exact) mass is 202 g/mol. The van der Waals surface area contributed by atoms with E-state index in [4.69, 9.17) is 4.43 Å². The van der Waals surface area contributed by atoms with Crippen LogP contribution in [0.5, 0.6) is 0 Å². The number of nitrogens with zero attached hydrogens (tertiary/aromatic N) is 1. The maximum absolute atomic E-state index is 5.57. The Bertz CT molecular complexity index is 164. The molecule has 0 radical (unpaired) electrons. The lowest BCUT2D eigenvalue weighted by molar-refractivity contribution is 0.0430. The van der Waals surface area contributed by atoms with Gasteiger partial charge in [-0.15, -0.1) is 0 Å². The summed E-state index contributed by atoms with van der Waals surface area (Å²) in [5, 5.41) is 3.39. The average molecular weight is 202 g/mol. The van der Waals surface area contributed by atoms with Gasteiger partial charge < -0.3 is 9.74 Å². The molecule has 1 unspecified atom stereocenters. The van der Waals surface area contributed by atoms with Crippen LogP contribution < -0.4 is 5.32 Å². The molecule has 1 aliphatic rings. The molecule has 1 saturated heterocycles. The summed E-state index contributed by atoms with van der Waals surface area (Å²) in [4.78, 5) is 2.51. The number of hydrogen-bond acceptors (Lipinski definition) is 3. The lowest BCUT2D eigenvalue weighted by atomic mass is 10.1. The lowest BCUT2D eigenvalue weighted by Crippen LogP contribution is -2.54. The number of rotatable bonds is 3. The highest BCUT2D eigenvalue weighted by Gasteiger charge is 2.25. The average Bonchev–Trinajstić information content (AvgIpc) is 2.09. The third kappa shape index (κ3) is 3.38. The van der Waals surface area contributed by atoms with Crippen molar-refractivity contribution in [3.8, 4) is 0 Å². The SMILES string of the molecule is CC1CNCCN1CC(C)(C)O[SiH3]. The van der Waals surface area contributed by atoms with Crippen molar-refractivity contribution in [1.29, 1.82) is 0 Å². The predicted octanol–water partition coefficient (Wildman–Crippen LogP) is -0.644. The Morgan fingerprint density at radius 1 is 1.62 bits per heavy atom. The van der Waals surface area contributed by atoms with Crippen molar-refractivity contribution >= 4 is 10.5 Å². The molecule has 1 aliphatic heterocycles. The molecule has 0 aromatic carbocycles. The lowest BCUT2D eigenvalue weighted by Gasteiger charge is -2.39. The first-order chi connectivity index (χ1) is 6.05. The maximum Gasteiger partial charge on any atom is 0.146 e. The standard InChI is InChI=1S/C9H22N2OSi/c1-8-6-10-4-5-11(8)7-9(2,3)12-13/h8,10H,4-7H2,1-3,13H3. The Hall–Kier alpha value is 0.0969. The Morgan fingerprint density at radius 3 is 2.85 bits per heavy atom. The van der Waals surface area contributed by atoms with Crippen LogP contribution in [-0.4, -0.2) is 53.2 Å². The first-order valence-electron chi connectivity index (χ1n) is 5.05. The molecule has 0 bridgehead atoms. The van der Waals surface area contributed by atoms with Crippen LogP contribution >= 0.6 is 0 Å². The van der Waals surface area contributed by atoms with E-state index in [9.17, 15) is 0 Å². The minimum Gasteiger partial charge on any atom is -0.422 e. The van der Waals surface area contributed by atoms with Crippen molar-refractivity contribution in [3.63, 3.8) is 0 Å². The van der Waals surface area contributed by atoms with E-state index in [-0.39, 0.29) is 5.60 Å². The van der Waals surface area contributed by atoms with Gasteiger partial charge in [0.25, 0.3) is 0 Å². The summed E-state index contributed by atoms with van der Waals surface area (Å²) in [5.41, 5.74) is 0.0395. The third-order valence-corrected chi connectivity index (χ3v) is 3.88. The molecule has 0 aliphatic carbocycles. The van der Waals surface area contributed by atoms with E-state index in [2.05, 4.69) is 31.0 Å². The smallest absolute Gasteiger partial charge is 0.146 e. The van der Waals surface area contributed by atoms with Crippen LogP contribution in [0.25, 0.3) is 0 Å². The zero-order valence-corrected chi connectivity index (χ0v) is 11.3. The third-order valence-electron chi connectivity index (χ3n) is 2.78. The molecule has 13 heavy (non-hydrogen) atoms. The van der Waals surface area contributed by atoms with Crippen LogP contribution in [0.15, 0.2) is 0 Å². The normalized spacial score (nSPS) is 26.5. The molecule has 3 nitrogen and oxygen atoms in total. The van der Waals surface area contributed by atoms with E-state index in [1.54, 1.807) is 0 Å². The van der Waals surface area contributed by atoms with Crippen LogP contribution in [0.4, 0.5) is 0 Å². The minimum absolute atomic E-state index is 0.0395. The topological polar surface area (TPSA) is 24.5 Å². The quantitative estimate of drug-likeness (QED) is 0.616. The molecule has 0 spiro atoms. The van der Waals surface area contributed by atoms with E-state index in [0.29, 0.717) is 6.04 Å². The van der Waals surface area contributed by atoms with Gasteiger partial charge in [0.15, 0.2) is 0 Å². The zero-order valence-electron chi connectivity index (χ0n) is 9.26. The van der Waals surface area contributed by atoms with Crippen LogP contribution in [-0.2, 0) is 4.43 Å². The molecule has 1 fully saturated rings. The molecular weight excluding hydrogens is 180 g/mol. The van der Waals surface area contributed by atoms with Crippen molar-refractivity contribution in [2.75, 3.05) is 26.2 Å². The second-order valence-corrected chi connectivity index (χ2v) is 4.90. The fourth-order valence-corrected chi connectivity index (χ4v) is 1.80. The molecule has 1 N–H and O–H groups in total. The van der Waals surface area contributed by atoms with Crippen molar-refractivity contribution in [3.05, 3.63) is 0 Å². The molecule has 0 amide bonds. The van der Waals surface area contributed by atoms with Crippen LogP contribution in [0.2, 0.25) is 0 Å². The van der Waals surface area contributed by atoms with Crippen molar-refractivity contribution < 1.29 is 4.43 Å². The van der Waals surface area contributed by atoms with Gasteiger partial charge in [-0.3, -0.25) is 4.90 Å². The van der Waals surface area contributed by atoms with Crippen molar-refractivity contribution in [2.45, 2.75) is 32.4 Å². The first kappa shape index (κ1) is 11.2. The summed E-state index contributed by atoms with van der Waals surface area (Å²) < 4.78 is 5.57. The van der Waals surface area contributed by atoms with Gasteiger partial charge in [0, 0.05) is 32.2 Å². The van der Waals surface area contributed by atoms with Crippen molar-refractivity contribution in [2.24, 2.45) is 0 Å².